The molecule has 59 heavy (non-hydrogen) atoms. The van der Waals surface area contributed by atoms with Crippen LogP contribution in [0.4, 0.5) is 23.4 Å². The third-order valence-electron chi connectivity index (χ3n) is 9.38. The number of aromatic nitrogens is 8. The van der Waals surface area contributed by atoms with Crippen LogP contribution in [-0.2, 0) is 39.8 Å². The highest BCUT2D eigenvalue weighted by molar-refractivity contribution is 5.81. The summed E-state index contributed by atoms with van der Waals surface area (Å²) < 4.78 is 56.5. The molecule has 12 nitrogen and oxygen atoms in total. The van der Waals surface area contributed by atoms with Gasteiger partial charge in [0.25, 0.3) is 11.1 Å². The van der Waals surface area contributed by atoms with E-state index in [0.29, 0.717) is 54.4 Å². The molecule has 0 radical (unpaired) electrons. The Bertz CT molecular complexity index is 2940. The van der Waals surface area contributed by atoms with Crippen molar-refractivity contribution >= 4 is 34.2 Å². The van der Waals surface area contributed by atoms with E-state index in [4.69, 9.17) is 5.73 Å². The smallest absolute Gasteiger partial charge is 0.261 e. The molecule has 8 rings (SSSR count). The van der Waals surface area contributed by atoms with Crippen molar-refractivity contribution in [2.24, 2.45) is 14.1 Å². The van der Waals surface area contributed by atoms with E-state index in [1.165, 1.54) is 24.7 Å². The summed E-state index contributed by atoms with van der Waals surface area (Å²) in [4.78, 5) is 55.6. The Labute approximate surface area is 334 Å². The number of anilines is 1. The molecule has 8 aromatic rings. The second-order valence-electron chi connectivity index (χ2n) is 14.0. The number of aromatic amines is 2. The van der Waals surface area contributed by atoms with Gasteiger partial charge >= 0.3 is 0 Å². The summed E-state index contributed by atoms with van der Waals surface area (Å²) in [7, 11) is 2.89. The van der Waals surface area contributed by atoms with E-state index < -0.39 is 29.1 Å². The molecule has 0 saturated carbocycles. The molecule has 0 atom stereocenters. The summed E-state index contributed by atoms with van der Waals surface area (Å²) in [5.74, 6) is -1.92. The predicted molar refractivity (Wildman–Crippen MR) is 216 cm³/mol. The lowest BCUT2D eigenvalue weighted by Crippen LogP contribution is -2.21. The average Bonchev–Trinajstić information content (AvgIpc) is 3.79. The number of nitrogens with two attached hydrogens (primary N) is 1. The van der Waals surface area contributed by atoms with Gasteiger partial charge in [0.15, 0.2) is 6.29 Å². The second-order valence-corrected chi connectivity index (χ2v) is 14.0. The molecule has 0 aliphatic rings. The van der Waals surface area contributed by atoms with Gasteiger partial charge in [-0.3, -0.25) is 14.4 Å². The fraction of sp³-hybridized carbons (Fsp3) is 0.186. The van der Waals surface area contributed by atoms with Gasteiger partial charge in [-0.15, -0.1) is 0 Å². The van der Waals surface area contributed by atoms with Crippen molar-refractivity contribution in [3.63, 3.8) is 0 Å². The molecule has 0 aromatic carbocycles. The van der Waals surface area contributed by atoms with E-state index in [0.717, 1.165) is 67.3 Å². The van der Waals surface area contributed by atoms with Gasteiger partial charge in [0, 0.05) is 97.3 Å². The predicted octanol–water partition coefficient (Wildman–Crippen LogP) is 6.53. The monoisotopic (exact) mass is 805 g/mol. The number of nitrogens with zero attached hydrogens (tertiary/aromatic N) is 6. The molecular formula is C43H39F4N9O3. The molecule has 0 bridgehead atoms. The van der Waals surface area contributed by atoms with E-state index in [2.05, 4.69) is 29.9 Å². The zero-order valence-corrected chi connectivity index (χ0v) is 32.5. The molecule has 4 N–H and O–H groups in total. The van der Waals surface area contributed by atoms with Crippen LogP contribution in [-0.4, -0.2) is 45.3 Å². The summed E-state index contributed by atoms with van der Waals surface area (Å²) >= 11 is 0. The molecule has 0 aliphatic carbocycles. The van der Waals surface area contributed by atoms with E-state index in [1.54, 1.807) is 36.7 Å². The second kappa shape index (κ2) is 17.9. The normalized spacial score (nSPS) is 10.9. The van der Waals surface area contributed by atoms with Gasteiger partial charge in [-0.1, -0.05) is 12.1 Å². The van der Waals surface area contributed by atoms with Gasteiger partial charge in [-0.25, -0.2) is 28.7 Å². The highest BCUT2D eigenvalue weighted by Gasteiger charge is 2.13. The summed E-state index contributed by atoms with van der Waals surface area (Å²) in [6.45, 7) is 3.95. The van der Waals surface area contributed by atoms with E-state index in [9.17, 15) is 31.9 Å². The van der Waals surface area contributed by atoms with Crippen molar-refractivity contribution in [1.82, 2.24) is 39.0 Å². The molecule has 8 heterocycles. The first-order valence-corrected chi connectivity index (χ1v) is 18.3. The number of aldehydes is 1. The third-order valence-corrected chi connectivity index (χ3v) is 9.38. The molecule has 302 valence electrons. The first-order chi connectivity index (χ1) is 28.2. The number of hydrogen-bond acceptors (Lipinski definition) is 8. The van der Waals surface area contributed by atoms with Crippen LogP contribution in [0, 0.1) is 37.4 Å². The lowest BCUT2D eigenvalue weighted by molar-refractivity contribution is 0.112. The van der Waals surface area contributed by atoms with Crippen molar-refractivity contribution in [1.29, 1.82) is 0 Å². The topological polar surface area (TPSA) is 170 Å². The third kappa shape index (κ3) is 10.0. The molecule has 0 fully saturated rings. The van der Waals surface area contributed by atoms with E-state index in [-0.39, 0.29) is 16.9 Å². The lowest BCUT2D eigenvalue weighted by atomic mass is 10.0. The minimum absolute atomic E-state index is 0.160. The number of carbonyl (C=O) groups is 1. The SMILES string of the molecule is Cc1cnc2[nH]cc(Cc3ccc(CCc4cc(F)cn(C)c4=O)nc3F)c2c1.Cc1cnc2[nH]cc(Cc3ccc(N)nc3F)c2c1.Cn1cc(F)cc(C=O)c1=O. The number of aryl methyl sites for hydroxylation is 6. The molecule has 0 spiro atoms. The molecular weight excluding hydrogens is 767 g/mol. The van der Waals surface area contributed by atoms with E-state index >= 15 is 0 Å². The summed E-state index contributed by atoms with van der Waals surface area (Å²) in [5, 5.41) is 1.98. The molecule has 0 unspecified atom stereocenters. The van der Waals surface area contributed by atoms with Crippen LogP contribution in [0.5, 0.6) is 0 Å². The van der Waals surface area contributed by atoms with Crippen LogP contribution < -0.4 is 16.9 Å². The van der Waals surface area contributed by atoms with Crippen LogP contribution in [0.2, 0.25) is 0 Å². The largest absolute Gasteiger partial charge is 0.384 e. The number of carbonyl (C=O) groups excluding carboxylic acids is 1. The van der Waals surface area contributed by atoms with Crippen LogP contribution in [0.15, 0.2) is 95.3 Å². The van der Waals surface area contributed by atoms with Crippen LogP contribution >= 0.6 is 0 Å². The van der Waals surface area contributed by atoms with E-state index in [1.807, 2.05) is 38.4 Å². The number of hydrogen-bond donors (Lipinski definition) is 3. The maximum atomic E-state index is 14.6. The minimum atomic E-state index is -0.589. The molecule has 8 aromatic heterocycles. The molecule has 16 heteroatoms. The number of nitrogens with one attached hydrogen (secondary N) is 2. The van der Waals surface area contributed by atoms with Gasteiger partial charge in [-0.2, -0.15) is 8.78 Å². The Morgan fingerprint density at radius 1 is 0.661 bits per heavy atom. The average molecular weight is 806 g/mol. The van der Waals surface area contributed by atoms with Gasteiger partial charge in [0.05, 0.1) is 5.56 Å². The van der Waals surface area contributed by atoms with Gasteiger partial charge in [0.2, 0.25) is 11.9 Å². The van der Waals surface area contributed by atoms with Crippen LogP contribution in [0.1, 0.15) is 55.0 Å². The highest BCUT2D eigenvalue weighted by Crippen LogP contribution is 2.23. The highest BCUT2D eigenvalue weighted by atomic mass is 19.1. The first-order valence-electron chi connectivity index (χ1n) is 18.3. The standard InChI is InChI=1S/C22H20F2N4O.C14H13FN4.C7H6FNO2/c1-13-7-19-16(11-26-21(19)25-10-13)8-14-3-5-18(27-20(14)24)6-4-15-9-17(23)12-28(2)22(15)29;1-8-4-11-10(7-18-14(11)17-6-8)5-9-2-3-12(16)19-13(9)15;1-9-3-6(8)2-5(4-10)7(9)11/h3,5,7,9-12H,4,6,8H2,1-2H3,(H,25,26);2-4,6-7H,5H2,1H3,(H2,16,19)(H,17,18);2-4H,1H3. The molecule has 0 saturated heterocycles. The quantitative estimate of drug-likeness (QED) is 0.0884. The number of H-pyrrole nitrogens is 2. The number of rotatable bonds is 8. The molecule has 0 aliphatic heterocycles. The Kier molecular flexibility index (Phi) is 12.6. The Hall–Kier alpha value is -7.23. The summed E-state index contributed by atoms with van der Waals surface area (Å²) in [6, 6.07) is 12.9. The number of nitrogen functional groups attached to an aromatic ring is 1. The lowest BCUT2D eigenvalue weighted by Gasteiger charge is -2.07. The first kappa shape index (κ1) is 41.4. The molecule has 0 amide bonds. The summed E-state index contributed by atoms with van der Waals surface area (Å²) in [6.07, 6.45) is 11.3. The van der Waals surface area contributed by atoms with Gasteiger partial charge < -0.3 is 24.8 Å². The summed E-state index contributed by atoms with van der Waals surface area (Å²) in [5.41, 5.74) is 12.1. The Balaban J connectivity index is 0.000000166. The van der Waals surface area contributed by atoms with Crippen molar-refractivity contribution in [2.45, 2.75) is 39.5 Å². The maximum absolute atomic E-state index is 14.6. The minimum Gasteiger partial charge on any atom is -0.384 e. The van der Waals surface area contributed by atoms with Gasteiger partial charge in [-0.05, 0) is 85.3 Å². The van der Waals surface area contributed by atoms with Crippen molar-refractivity contribution in [3.8, 4) is 0 Å². The number of fused-ring (bicyclic) bond motifs is 2. The Morgan fingerprint density at radius 2 is 1.19 bits per heavy atom. The fourth-order valence-electron chi connectivity index (χ4n) is 6.36. The Morgan fingerprint density at radius 3 is 1.73 bits per heavy atom. The van der Waals surface area contributed by atoms with Crippen molar-refractivity contribution < 1.29 is 22.4 Å². The fourth-order valence-corrected chi connectivity index (χ4v) is 6.36. The van der Waals surface area contributed by atoms with Crippen LogP contribution in [0.3, 0.4) is 0 Å². The van der Waals surface area contributed by atoms with Gasteiger partial charge in [0.1, 0.15) is 28.7 Å². The zero-order chi connectivity index (χ0) is 42.4. The zero-order valence-electron chi connectivity index (χ0n) is 32.5. The maximum Gasteiger partial charge on any atom is 0.261 e. The van der Waals surface area contributed by atoms with Crippen molar-refractivity contribution in [3.05, 3.63) is 180 Å². The van der Waals surface area contributed by atoms with Crippen LogP contribution in [0.25, 0.3) is 22.1 Å². The number of halogens is 4. The van der Waals surface area contributed by atoms with Crippen molar-refractivity contribution in [2.75, 3.05) is 5.73 Å². The number of pyridine rings is 6.